The Morgan fingerprint density at radius 2 is 1.90 bits per heavy atom. The first-order valence-corrected chi connectivity index (χ1v) is 10.9. The van der Waals surface area contributed by atoms with Crippen molar-refractivity contribution in [1.29, 1.82) is 0 Å². The van der Waals surface area contributed by atoms with Gasteiger partial charge in [0.05, 0.1) is 30.7 Å². The van der Waals surface area contributed by atoms with Gasteiger partial charge < -0.3 is 14.5 Å². The molecule has 0 spiro atoms. The van der Waals surface area contributed by atoms with Crippen molar-refractivity contribution in [2.24, 2.45) is 0 Å². The number of rotatable bonds is 9. The predicted molar refractivity (Wildman–Crippen MR) is 114 cm³/mol. The molecule has 0 fully saturated rings. The second-order valence-electron chi connectivity index (χ2n) is 6.85. The van der Waals surface area contributed by atoms with Gasteiger partial charge in [-0.05, 0) is 61.4 Å². The molecular weight excluding hydrogens is 404 g/mol. The van der Waals surface area contributed by atoms with E-state index in [-0.39, 0.29) is 30.4 Å². The standard InChI is InChI=1S/C22H24N2O5S/c1-16-8-9-17(2)21(13-16)29-12-10-22(25)24-18-5-3-7-20(14-18)30(26,27)23-15-19-6-4-11-28-19/h3-9,11,13-14,23H,10,12,15H2,1-2H3,(H,24,25). The largest absolute Gasteiger partial charge is 0.493 e. The molecule has 30 heavy (non-hydrogen) atoms. The summed E-state index contributed by atoms with van der Waals surface area (Å²) in [5, 5.41) is 2.71. The van der Waals surface area contributed by atoms with Crippen LogP contribution < -0.4 is 14.8 Å². The second-order valence-corrected chi connectivity index (χ2v) is 8.61. The number of hydrogen-bond acceptors (Lipinski definition) is 5. The molecule has 0 saturated heterocycles. The molecular formula is C22H24N2O5S. The smallest absolute Gasteiger partial charge is 0.241 e. The Kier molecular flexibility index (Phi) is 6.91. The Morgan fingerprint density at radius 1 is 1.07 bits per heavy atom. The minimum atomic E-state index is -3.74. The summed E-state index contributed by atoms with van der Waals surface area (Å²) in [6, 6.07) is 15.3. The van der Waals surface area contributed by atoms with E-state index in [0.717, 1.165) is 16.9 Å². The van der Waals surface area contributed by atoms with E-state index in [4.69, 9.17) is 9.15 Å². The Hall–Kier alpha value is -3.10. The average molecular weight is 429 g/mol. The van der Waals surface area contributed by atoms with E-state index < -0.39 is 10.0 Å². The van der Waals surface area contributed by atoms with E-state index >= 15 is 0 Å². The first-order chi connectivity index (χ1) is 14.3. The molecule has 8 heteroatoms. The molecule has 0 saturated carbocycles. The molecule has 0 bridgehead atoms. The third kappa shape index (κ3) is 5.95. The quantitative estimate of drug-likeness (QED) is 0.541. The SMILES string of the molecule is Cc1ccc(C)c(OCCC(=O)Nc2cccc(S(=O)(=O)NCc3ccco3)c2)c1. The summed E-state index contributed by atoms with van der Waals surface area (Å²) in [6.07, 6.45) is 1.62. The number of ether oxygens (including phenoxy) is 1. The monoisotopic (exact) mass is 428 g/mol. The minimum Gasteiger partial charge on any atom is -0.493 e. The number of amides is 1. The van der Waals surface area contributed by atoms with Gasteiger partial charge in [0.2, 0.25) is 15.9 Å². The molecule has 2 N–H and O–H groups in total. The molecule has 158 valence electrons. The fourth-order valence-electron chi connectivity index (χ4n) is 2.74. The normalized spacial score (nSPS) is 11.3. The van der Waals surface area contributed by atoms with Gasteiger partial charge in [-0.3, -0.25) is 4.79 Å². The Balaban J connectivity index is 1.55. The number of carbonyl (C=O) groups excluding carboxylic acids is 1. The average Bonchev–Trinajstić information content (AvgIpc) is 3.23. The van der Waals surface area contributed by atoms with Crippen LogP contribution in [-0.4, -0.2) is 20.9 Å². The highest BCUT2D eigenvalue weighted by atomic mass is 32.2. The maximum Gasteiger partial charge on any atom is 0.241 e. The van der Waals surface area contributed by atoms with Gasteiger partial charge in [-0.1, -0.05) is 18.2 Å². The summed E-state index contributed by atoms with van der Waals surface area (Å²) >= 11 is 0. The van der Waals surface area contributed by atoms with Crippen molar-refractivity contribution >= 4 is 21.6 Å². The summed E-state index contributed by atoms with van der Waals surface area (Å²) in [4.78, 5) is 12.3. The lowest BCUT2D eigenvalue weighted by atomic mass is 10.1. The maximum absolute atomic E-state index is 12.5. The van der Waals surface area contributed by atoms with Gasteiger partial charge >= 0.3 is 0 Å². The maximum atomic E-state index is 12.5. The number of hydrogen-bond donors (Lipinski definition) is 2. The molecule has 1 aromatic heterocycles. The number of anilines is 1. The summed E-state index contributed by atoms with van der Waals surface area (Å²) in [7, 11) is -3.74. The van der Waals surface area contributed by atoms with Crippen LogP contribution in [0.3, 0.4) is 0 Å². The second kappa shape index (κ2) is 9.60. The molecule has 3 aromatic rings. The van der Waals surface area contributed by atoms with Gasteiger partial charge in [0.1, 0.15) is 11.5 Å². The van der Waals surface area contributed by atoms with Gasteiger partial charge in [-0.2, -0.15) is 0 Å². The van der Waals surface area contributed by atoms with Crippen LogP contribution >= 0.6 is 0 Å². The molecule has 7 nitrogen and oxygen atoms in total. The number of furan rings is 1. The van der Waals surface area contributed by atoms with Crippen LogP contribution in [0.5, 0.6) is 5.75 Å². The zero-order valence-corrected chi connectivity index (χ0v) is 17.7. The minimum absolute atomic E-state index is 0.0433. The van der Waals surface area contributed by atoms with Gasteiger partial charge in [-0.25, -0.2) is 13.1 Å². The van der Waals surface area contributed by atoms with E-state index in [2.05, 4.69) is 10.0 Å². The lowest BCUT2D eigenvalue weighted by Gasteiger charge is -2.11. The highest BCUT2D eigenvalue weighted by Crippen LogP contribution is 2.20. The fraction of sp³-hybridized carbons (Fsp3) is 0.227. The van der Waals surface area contributed by atoms with Crippen LogP contribution in [0.25, 0.3) is 0 Å². The predicted octanol–water partition coefficient (Wildman–Crippen LogP) is 3.78. The van der Waals surface area contributed by atoms with E-state index in [1.54, 1.807) is 24.3 Å². The zero-order chi connectivity index (χ0) is 21.6. The molecule has 0 atom stereocenters. The molecule has 0 aliphatic rings. The van der Waals surface area contributed by atoms with Crippen LogP contribution in [-0.2, 0) is 21.4 Å². The molecule has 1 amide bonds. The Bertz CT molecular complexity index is 1110. The van der Waals surface area contributed by atoms with Crippen molar-refractivity contribution in [3.63, 3.8) is 0 Å². The van der Waals surface area contributed by atoms with Gasteiger partial charge in [-0.15, -0.1) is 0 Å². The van der Waals surface area contributed by atoms with Crippen molar-refractivity contribution in [2.75, 3.05) is 11.9 Å². The van der Waals surface area contributed by atoms with E-state index in [1.807, 2.05) is 32.0 Å². The van der Waals surface area contributed by atoms with Crippen molar-refractivity contribution < 1.29 is 22.4 Å². The van der Waals surface area contributed by atoms with Crippen molar-refractivity contribution in [1.82, 2.24) is 4.72 Å². The lowest BCUT2D eigenvalue weighted by molar-refractivity contribution is -0.116. The van der Waals surface area contributed by atoms with Crippen molar-refractivity contribution in [2.45, 2.75) is 31.7 Å². The number of sulfonamides is 1. The van der Waals surface area contributed by atoms with Gasteiger partial charge in [0.15, 0.2) is 0 Å². The van der Waals surface area contributed by atoms with E-state index in [1.165, 1.54) is 18.4 Å². The van der Waals surface area contributed by atoms with Crippen LogP contribution in [0.1, 0.15) is 23.3 Å². The molecule has 0 radical (unpaired) electrons. The molecule has 1 heterocycles. The molecule has 0 unspecified atom stereocenters. The summed E-state index contributed by atoms with van der Waals surface area (Å²) in [5.41, 5.74) is 2.48. The Labute approximate surface area is 176 Å². The highest BCUT2D eigenvalue weighted by molar-refractivity contribution is 7.89. The number of aryl methyl sites for hydroxylation is 2. The third-order valence-corrected chi connectivity index (χ3v) is 5.77. The molecule has 3 rings (SSSR count). The number of carbonyl (C=O) groups is 1. The lowest BCUT2D eigenvalue weighted by Crippen LogP contribution is -2.23. The van der Waals surface area contributed by atoms with Gasteiger partial charge in [0, 0.05) is 5.69 Å². The van der Waals surface area contributed by atoms with Crippen LogP contribution in [0.2, 0.25) is 0 Å². The fourth-order valence-corrected chi connectivity index (χ4v) is 3.78. The summed E-state index contributed by atoms with van der Waals surface area (Å²) in [6.45, 7) is 4.19. The molecule has 2 aromatic carbocycles. The molecule has 0 aliphatic carbocycles. The first kappa shape index (κ1) is 21.6. The first-order valence-electron chi connectivity index (χ1n) is 9.45. The number of nitrogens with one attached hydrogen (secondary N) is 2. The molecule has 0 aliphatic heterocycles. The summed E-state index contributed by atoms with van der Waals surface area (Å²) < 4.78 is 38.2. The highest BCUT2D eigenvalue weighted by Gasteiger charge is 2.15. The summed E-state index contributed by atoms with van der Waals surface area (Å²) in [5.74, 6) is 0.990. The van der Waals surface area contributed by atoms with E-state index in [0.29, 0.717) is 11.4 Å². The Morgan fingerprint density at radius 3 is 2.67 bits per heavy atom. The third-order valence-electron chi connectivity index (χ3n) is 4.37. The van der Waals surface area contributed by atoms with Crippen LogP contribution in [0.4, 0.5) is 5.69 Å². The van der Waals surface area contributed by atoms with Gasteiger partial charge in [0.25, 0.3) is 0 Å². The van der Waals surface area contributed by atoms with Crippen LogP contribution in [0, 0.1) is 13.8 Å². The van der Waals surface area contributed by atoms with Crippen molar-refractivity contribution in [3.05, 3.63) is 77.7 Å². The topological polar surface area (TPSA) is 97.6 Å². The zero-order valence-electron chi connectivity index (χ0n) is 16.8. The van der Waals surface area contributed by atoms with E-state index in [9.17, 15) is 13.2 Å². The number of benzene rings is 2. The van der Waals surface area contributed by atoms with Crippen molar-refractivity contribution in [3.8, 4) is 5.75 Å². The van der Waals surface area contributed by atoms with Crippen LogP contribution in [0.15, 0.2) is 70.2 Å².